The van der Waals surface area contributed by atoms with Crippen LogP contribution in [-0.4, -0.2) is 60.7 Å². The summed E-state index contributed by atoms with van der Waals surface area (Å²) in [5.41, 5.74) is 0. The summed E-state index contributed by atoms with van der Waals surface area (Å²) >= 11 is 0. The summed E-state index contributed by atoms with van der Waals surface area (Å²) in [4.78, 5) is 34.3. The first-order valence-electron chi connectivity index (χ1n) is 8.91. The highest BCUT2D eigenvalue weighted by atomic mass is 16.5. The molecule has 0 unspecified atom stereocenters. The molecular weight excluding hydrogens is 322 g/mol. The first-order chi connectivity index (χ1) is 12.2. The van der Waals surface area contributed by atoms with Gasteiger partial charge in [-0.3, -0.25) is 14.6 Å². The summed E-state index contributed by atoms with van der Waals surface area (Å²) in [6.07, 6.45) is 9.02. The lowest BCUT2D eigenvalue weighted by Crippen LogP contribution is -2.45. The Labute approximate surface area is 147 Å². The molecule has 0 radical (unpaired) electrons. The molecule has 2 N–H and O–H groups in total. The molecule has 2 aliphatic heterocycles. The van der Waals surface area contributed by atoms with Crippen LogP contribution in [0.25, 0.3) is 0 Å². The van der Waals surface area contributed by atoms with Crippen molar-refractivity contribution in [3.8, 4) is 0 Å². The molecule has 0 bridgehead atoms. The lowest BCUT2D eigenvalue weighted by Gasteiger charge is -2.32. The van der Waals surface area contributed by atoms with Crippen molar-refractivity contribution in [2.75, 3.05) is 37.7 Å². The molecule has 136 valence electrons. The Morgan fingerprint density at radius 2 is 1.88 bits per heavy atom. The molecule has 1 atom stereocenters. The number of hydrogen-bond donors (Lipinski definition) is 2. The number of nitrogens with one attached hydrogen (secondary N) is 2. The number of anilines is 1. The van der Waals surface area contributed by atoms with Crippen LogP contribution in [0.3, 0.4) is 0 Å². The highest BCUT2D eigenvalue weighted by Gasteiger charge is 2.23. The molecule has 0 aliphatic carbocycles. The van der Waals surface area contributed by atoms with E-state index in [4.69, 9.17) is 4.74 Å². The van der Waals surface area contributed by atoms with Gasteiger partial charge < -0.3 is 20.3 Å². The van der Waals surface area contributed by atoms with Crippen molar-refractivity contribution in [3.05, 3.63) is 18.6 Å². The summed E-state index contributed by atoms with van der Waals surface area (Å²) in [6.45, 7) is 3.43. The van der Waals surface area contributed by atoms with E-state index in [1.165, 1.54) is 0 Å². The molecule has 3 rings (SSSR count). The molecule has 2 fully saturated rings. The average Bonchev–Trinajstić information content (AvgIpc) is 3.19. The standard InChI is InChI=1S/C17H25N5O3/c23-16(17(24)21-11-14-2-1-9-25-14)20-10-13-3-7-22(8-4-13)15-12-18-5-6-19-15/h5-6,12-14H,1-4,7-11H2,(H,20,23)(H,21,24)/t14-/m1/s1. The van der Waals surface area contributed by atoms with Gasteiger partial charge in [0.25, 0.3) is 0 Å². The van der Waals surface area contributed by atoms with Crippen molar-refractivity contribution in [3.63, 3.8) is 0 Å². The summed E-state index contributed by atoms with van der Waals surface area (Å²) in [5.74, 6) is 0.128. The summed E-state index contributed by atoms with van der Waals surface area (Å²) < 4.78 is 5.42. The van der Waals surface area contributed by atoms with E-state index >= 15 is 0 Å². The van der Waals surface area contributed by atoms with Gasteiger partial charge in [0.05, 0.1) is 12.3 Å². The minimum Gasteiger partial charge on any atom is -0.376 e. The van der Waals surface area contributed by atoms with Gasteiger partial charge in [-0.1, -0.05) is 0 Å². The third-order valence-electron chi connectivity index (χ3n) is 4.76. The normalized spacial score (nSPS) is 21.1. The van der Waals surface area contributed by atoms with Gasteiger partial charge in [0, 0.05) is 45.2 Å². The van der Waals surface area contributed by atoms with E-state index in [0.717, 1.165) is 51.2 Å². The van der Waals surface area contributed by atoms with Gasteiger partial charge >= 0.3 is 11.8 Å². The molecule has 1 aromatic heterocycles. The number of ether oxygens (including phenoxy) is 1. The van der Waals surface area contributed by atoms with E-state index in [0.29, 0.717) is 19.0 Å². The highest BCUT2D eigenvalue weighted by molar-refractivity contribution is 6.35. The van der Waals surface area contributed by atoms with Crippen LogP contribution < -0.4 is 15.5 Å². The van der Waals surface area contributed by atoms with E-state index in [1.807, 2.05) is 0 Å². The van der Waals surface area contributed by atoms with Gasteiger partial charge in [-0.15, -0.1) is 0 Å². The first-order valence-corrected chi connectivity index (χ1v) is 8.91. The minimum atomic E-state index is -0.576. The molecule has 25 heavy (non-hydrogen) atoms. The van der Waals surface area contributed by atoms with E-state index < -0.39 is 11.8 Å². The molecule has 0 saturated carbocycles. The third-order valence-corrected chi connectivity index (χ3v) is 4.76. The number of rotatable bonds is 5. The van der Waals surface area contributed by atoms with E-state index in [2.05, 4.69) is 25.5 Å². The maximum atomic E-state index is 11.9. The van der Waals surface area contributed by atoms with Gasteiger partial charge in [0.2, 0.25) is 0 Å². The predicted octanol–water partition coefficient (Wildman–Crippen LogP) is 0.104. The first kappa shape index (κ1) is 17.6. The van der Waals surface area contributed by atoms with E-state index in [1.54, 1.807) is 18.6 Å². The zero-order chi connectivity index (χ0) is 17.5. The van der Waals surface area contributed by atoms with E-state index in [-0.39, 0.29) is 6.10 Å². The van der Waals surface area contributed by atoms with Gasteiger partial charge in [0.1, 0.15) is 5.82 Å². The molecular formula is C17H25N5O3. The van der Waals surface area contributed by atoms with Gasteiger partial charge in [-0.2, -0.15) is 0 Å². The summed E-state index contributed by atoms with van der Waals surface area (Å²) in [5, 5.41) is 5.39. The van der Waals surface area contributed by atoms with Crippen LogP contribution in [0, 0.1) is 5.92 Å². The molecule has 2 saturated heterocycles. The zero-order valence-electron chi connectivity index (χ0n) is 14.3. The second-order valence-electron chi connectivity index (χ2n) is 6.55. The second kappa shape index (κ2) is 8.75. The number of piperidine rings is 1. The molecule has 8 heteroatoms. The molecule has 3 heterocycles. The average molecular weight is 347 g/mol. The third kappa shape index (κ3) is 5.12. The maximum absolute atomic E-state index is 11.9. The lowest BCUT2D eigenvalue weighted by molar-refractivity contribution is -0.139. The molecule has 8 nitrogen and oxygen atoms in total. The number of carbonyl (C=O) groups excluding carboxylic acids is 2. The van der Waals surface area contributed by atoms with Crippen LogP contribution >= 0.6 is 0 Å². The fourth-order valence-corrected chi connectivity index (χ4v) is 3.23. The Balaban J connectivity index is 1.33. The molecule has 0 aromatic carbocycles. The van der Waals surface area contributed by atoms with Crippen molar-refractivity contribution in [2.24, 2.45) is 5.92 Å². The number of amides is 2. The second-order valence-corrected chi connectivity index (χ2v) is 6.55. The Hall–Kier alpha value is -2.22. The number of carbonyl (C=O) groups is 2. The molecule has 1 aromatic rings. The summed E-state index contributed by atoms with van der Waals surface area (Å²) in [7, 11) is 0. The number of hydrogen-bond acceptors (Lipinski definition) is 6. The fourth-order valence-electron chi connectivity index (χ4n) is 3.23. The van der Waals surface area contributed by atoms with Gasteiger partial charge in [0.15, 0.2) is 0 Å². The van der Waals surface area contributed by atoms with E-state index in [9.17, 15) is 9.59 Å². The molecule has 2 amide bonds. The largest absolute Gasteiger partial charge is 0.376 e. The Kier molecular flexibility index (Phi) is 6.16. The van der Waals surface area contributed by atoms with Crippen LogP contribution in [0.15, 0.2) is 18.6 Å². The van der Waals surface area contributed by atoms with Crippen LogP contribution in [0.5, 0.6) is 0 Å². The maximum Gasteiger partial charge on any atom is 0.309 e. The van der Waals surface area contributed by atoms with Crippen molar-refractivity contribution in [1.82, 2.24) is 20.6 Å². The zero-order valence-corrected chi connectivity index (χ0v) is 14.3. The quantitative estimate of drug-likeness (QED) is 0.734. The Morgan fingerprint density at radius 3 is 2.52 bits per heavy atom. The van der Waals surface area contributed by atoms with Crippen molar-refractivity contribution in [1.29, 1.82) is 0 Å². The monoisotopic (exact) mass is 347 g/mol. The van der Waals surface area contributed by atoms with Crippen molar-refractivity contribution >= 4 is 17.6 Å². The summed E-state index contributed by atoms with van der Waals surface area (Å²) in [6, 6.07) is 0. The van der Waals surface area contributed by atoms with Crippen molar-refractivity contribution < 1.29 is 14.3 Å². The van der Waals surface area contributed by atoms with Crippen molar-refractivity contribution in [2.45, 2.75) is 31.8 Å². The van der Waals surface area contributed by atoms with Crippen LogP contribution in [-0.2, 0) is 14.3 Å². The Morgan fingerprint density at radius 1 is 1.12 bits per heavy atom. The Bertz CT molecular complexity index is 569. The topological polar surface area (TPSA) is 96.5 Å². The van der Waals surface area contributed by atoms with Gasteiger partial charge in [-0.05, 0) is 31.6 Å². The van der Waals surface area contributed by atoms with Crippen LogP contribution in [0.2, 0.25) is 0 Å². The molecule has 0 spiro atoms. The SMILES string of the molecule is O=C(NCC1CCN(c2cnccn2)CC1)C(=O)NC[C@H]1CCCO1. The number of nitrogens with zero attached hydrogens (tertiary/aromatic N) is 3. The highest BCUT2D eigenvalue weighted by Crippen LogP contribution is 2.20. The van der Waals surface area contributed by atoms with Crippen LogP contribution in [0.4, 0.5) is 5.82 Å². The minimum absolute atomic E-state index is 0.0437. The van der Waals surface area contributed by atoms with Crippen LogP contribution in [0.1, 0.15) is 25.7 Å². The fraction of sp³-hybridized carbons (Fsp3) is 0.647. The molecule has 2 aliphatic rings. The number of aromatic nitrogens is 2. The van der Waals surface area contributed by atoms with Gasteiger partial charge in [-0.25, -0.2) is 4.98 Å². The predicted molar refractivity (Wildman–Crippen MR) is 92.0 cm³/mol. The lowest BCUT2D eigenvalue weighted by atomic mass is 9.97. The smallest absolute Gasteiger partial charge is 0.309 e.